The fourth-order valence-corrected chi connectivity index (χ4v) is 2.12. The lowest BCUT2D eigenvalue weighted by atomic mass is 9.87. The molecule has 0 saturated carbocycles. The number of carbonyl (C=O) groups is 3. The highest BCUT2D eigenvalue weighted by Crippen LogP contribution is 2.28. The van der Waals surface area contributed by atoms with Crippen LogP contribution in [0.5, 0.6) is 0 Å². The van der Waals surface area contributed by atoms with Crippen molar-refractivity contribution in [1.29, 1.82) is 0 Å². The summed E-state index contributed by atoms with van der Waals surface area (Å²) in [5.41, 5.74) is -4.44. The van der Waals surface area contributed by atoms with Gasteiger partial charge in [0.25, 0.3) is 0 Å². The number of hydrogen-bond donors (Lipinski definition) is 6. The van der Waals surface area contributed by atoms with E-state index < -0.39 is 99.5 Å². The third-order valence-corrected chi connectivity index (χ3v) is 5.45. The largest absolute Gasteiger partial charge is 0.464 e. The van der Waals surface area contributed by atoms with Gasteiger partial charge in [0.15, 0.2) is 0 Å². The molecule has 0 aliphatic heterocycles. The minimum atomic E-state index is -1.59. The van der Waals surface area contributed by atoms with Crippen LogP contribution >= 0.6 is 0 Å². The van der Waals surface area contributed by atoms with Crippen molar-refractivity contribution in [3.8, 4) is 0 Å². The van der Waals surface area contributed by atoms with Crippen LogP contribution in [0, 0.1) is 22.2 Å². The van der Waals surface area contributed by atoms with E-state index in [4.69, 9.17) is 24.4 Å². The van der Waals surface area contributed by atoms with Crippen LogP contribution in [0.15, 0.2) is 0 Å². The summed E-state index contributed by atoms with van der Waals surface area (Å²) in [6.07, 6.45) is 0.160. The molecule has 12 nitrogen and oxygen atoms in total. The number of aliphatic hydroxyl groups is 6. The minimum absolute atomic E-state index is 0.160. The van der Waals surface area contributed by atoms with Crippen molar-refractivity contribution in [3.63, 3.8) is 0 Å². The van der Waals surface area contributed by atoms with E-state index in [1.165, 1.54) is 13.8 Å². The van der Waals surface area contributed by atoms with E-state index in [1.54, 1.807) is 6.92 Å². The zero-order chi connectivity index (χ0) is 25.0. The van der Waals surface area contributed by atoms with Gasteiger partial charge in [0.2, 0.25) is 0 Å². The first-order valence-corrected chi connectivity index (χ1v) is 10.1. The lowest BCUT2D eigenvalue weighted by molar-refractivity contribution is -0.176. The molecule has 0 atom stereocenters. The molecule has 0 bridgehead atoms. The highest BCUT2D eigenvalue weighted by Gasteiger charge is 2.41. The van der Waals surface area contributed by atoms with E-state index in [1.807, 2.05) is 0 Å². The number of ether oxygens (including phenoxy) is 3. The van der Waals surface area contributed by atoms with Gasteiger partial charge in [-0.05, 0) is 20.3 Å². The molecule has 0 aromatic heterocycles. The van der Waals surface area contributed by atoms with Crippen LogP contribution in [0.1, 0.15) is 27.2 Å². The molecule has 0 radical (unpaired) electrons. The predicted molar refractivity (Wildman–Crippen MR) is 108 cm³/mol. The van der Waals surface area contributed by atoms with E-state index >= 15 is 0 Å². The van der Waals surface area contributed by atoms with E-state index in [0.29, 0.717) is 0 Å². The summed E-state index contributed by atoms with van der Waals surface area (Å²) in [5, 5.41) is 55.7. The number of rotatable bonds is 16. The molecular weight excluding hydrogens is 432 g/mol. The SMILES string of the molecule is CCC(COC(=O)C(CO)CO)(COC(=O)C(C)(CO)CO)COC(=O)C(C)(CO)CO. The normalized spacial score (nSPS) is 12.6. The maximum Gasteiger partial charge on any atom is 0.316 e. The van der Waals surface area contributed by atoms with Crippen molar-refractivity contribution in [3.05, 3.63) is 0 Å². The maximum atomic E-state index is 12.3. The van der Waals surface area contributed by atoms with Gasteiger partial charge in [-0.2, -0.15) is 0 Å². The zero-order valence-corrected chi connectivity index (χ0v) is 18.8. The second-order valence-corrected chi connectivity index (χ2v) is 8.43. The molecular formula is C20H36O12. The molecule has 0 heterocycles. The van der Waals surface area contributed by atoms with Crippen LogP contribution in [0.4, 0.5) is 0 Å². The number of hydrogen-bond acceptors (Lipinski definition) is 12. The quantitative estimate of drug-likeness (QED) is 0.104. The Kier molecular flexibility index (Phi) is 12.9. The van der Waals surface area contributed by atoms with E-state index in [-0.39, 0.29) is 6.42 Å². The molecule has 188 valence electrons. The Morgan fingerprint density at radius 2 is 1.03 bits per heavy atom. The average Bonchev–Trinajstić information content (AvgIpc) is 2.82. The van der Waals surface area contributed by atoms with Crippen LogP contribution in [0.3, 0.4) is 0 Å². The molecule has 0 amide bonds. The Labute approximate surface area is 186 Å². The molecule has 32 heavy (non-hydrogen) atoms. The van der Waals surface area contributed by atoms with Crippen molar-refractivity contribution >= 4 is 17.9 Å². The first kappa shape index (κ1) is 30.2. The number of aliphatic hydroxyl groups excluding tert-OH is 6. The highest BCUT2D eigenvalue weighted by atomic mass is 16.6. The molecule has 0 aromatic carbocycles. The van der Waals surface area contributed by atoms with Crippen LogP contribution in [0.25, 0.3) is 0 Å². The summed E-state index contributed by atoms with van der Waals surface area (Å²) in [6.45, 7) is -1.16. The second-order valence-electron chi connectivity index (χ2n) is 8.43. The Balaban J connectivity index is 5.59. The van der Waals surface area contributed by atoms with Gasteiger partial charge in [-0.1, -0.05) is 6.92 Å². The molecule has 0 spiro atoms. The Morgan fingerprint density at radius 3 is 1.31 bits per heavy atom. The molecule has 6 N–H and O–H groups in total. The lowest BCUT2D eigenvalue weighted by Crippen LogP contribution is -2.45. The molecule has 0 aliphatic rings. The standard InChI is InChI=1S/C20H36O12/c1-4-20(11-30-15(27)14(5-21)6-22,12-31-16(28)18(2,7-23)8-24)13-32-17(29)19(3,9-25)10-26/h14,21-26H,4-13H2,1-3H3. The van der Waals surface area contributed by atoms with Gasteiger partial charge in [-0.3, -0.25) is 14.4 Å². The van der Waals surface area contributed by atoms with E-state index in [0.717, 1.165) is 0 Å². The molecule has 0 rings (SSSR count). The van der Waals surface area contributed by atoms with Crippen LogP contribution in [-0.2, 0) is 28.6 Å². The second kappa shape index (κ2) is 13.7. The number of esters is 3. The Hall–Kier alpha value is -1.83. The molecule has 12 heteroatoms. The van der Waals surface area contributed by atoms with Crippen molar-refractivity contribution in [2.45, 2.75) is 27.2 Å². The summed E-state index contributed by atoms with van der Waals surface area (Å²) in [7, 11) is 0. The predicted octanol–water partition coefficient (Wildman–Crippen LogP) is -2.40. The Bertz CT molecular complexity index is 559. The molecule has 0 aromatic rings. The van der Waals surface area contributed by atoms with Crippen molar-refractivity contribution in [2.75, 3.05) is 59.5 Å². The van der Waals surface area contributed by atoms with Gasteiger partial charge in [0.05, 0.1) is 45.1 Å². The summed E-state index contributed by atoms with van der Waals surface area (Å²) >= 11 is 0. The fraction of sp³-hybridized carbons (Fsp3) is 0.850. The van der Waals surface area contributed by atoms with Gasteiger partial charge in [-0.15, -0.1) is 0 Å². The topological polar surface area (TPSA) is 200 Å². The third-order valence-electron chi connectivity index (χ3n) is 5.45. The first-order valence-electron chi connectivity index (χ1n) is 10.1. The first-order chi connectivity index (χ1) is 15.0. The summed E-state index contributed by atoms with van der Waals surface area (Å²) in [6, 6.07) is 0. The lowest BCUT2D eigenvalue weighted by Gasteiger charge is -2.34. The van der Waals surface area contributed by atoms with Gasteiger partial charge in [0, 0.05) is 0 Å². The highest BCUT2D eigenvalue weighted by molar-refractivity contribution is 5.77. The smallest absolute Gasteiger partial charge is 0.316 e. The van der Waals surface area contributed by atoms with Gasteiger partial charge in [-0.25, -0.2) is 0 Å². The van der Waals surface area contributed by atoms with Crippen LogP contribution in [-0.4, -0.2) is 108 Å². The number of carbonyl (C=O) groups excluding carboxylic acids is 3. The van der Waals surface area contributed by atoms with Crippen molar-refractivity contribution in [1.82, 2.24) is 0 Å². The van der Waals surface area contributed by atoms with Gasteiger partial charge >= 0.3 is 17.9 Å². The third kappa shape index (κ3) is 7.94. The monoisotopic (exact) mass is 468 g/mol. The molecule has 0 saturated heterocycles. The van der Waals surface area contributed by atoms with E-state index in [2.05, 4.69) is 0 Å². The minimum Gasteiger partial charge on any atom is -0.464 e. The molecule has 0 fully saturated rings. The van der Waals surface area contributed by atoms with Crippen molar-refractivity contribution in [2.24, 2.45) is 22.2 Å². The molecule has 0 unspecified atom stereocenters. The van der Waals surface area contributed by atoms with Gasteiger partial charge < -0.3 is 44.8 Å². The van der Waals surface area contributed by atoms with Crippen LogP contribution in [0.2, 0.25) is 0 Å². The Morgan fingerprint density at radius 1 is 0.688 bits per heavy atom. The fourth-order valence-electron chi connectivity index (χ4n) is 2.12. The van der Waals surface area contributed by atoms with E-state index in [9.17, 15) is 34.8 Å². The summed E-state index contributed by atoms with van der Waals surface area (Å²) in [5.74, 6) is -3.97. The maximum absolute atomic E-state index is 12.3. The van der Waals surface area contributed by atoms with Crippen LogP contribution < -0.4 is 0 Å². The van der Waals surface area contributed by atoms with Gasteiger partial charge in [0.1, 0.15) is 36.6 Å². The zero-order valence-electron chi connectivity index (χ0n) is 18.8. The van der Waals surface area contributed by atoms with Crippen molar-refractivity contribution < 1.29 is 59.2 Å². The summed E-state index contributed by atoms with van der Waals surface area (Å²) in [4.78, 5) is 36.7. The summed E-state index contributed by atoms with van der Waals surface area (Å²) < 4.78 is 15.6. The molecule has 0 aliphatic carbocycles. The average molecular weight is 468 g/mol.